The maximum absolute atomic E-state index is 16.8. The molecular formula is C26H33FInN3O4. The molecule has 1 amide bonds. The molecule has 0 saturated carbocycles. The Balaban J connectivity index is 2.00. The molecule has 4 rings (SSSR count). The van der Waals surface area contributed by atoms with Crippen molar-refractivity contribution in [1.82, 2.24) is 9.80 Å². The van der Waals surface area contributed by atoms with Crippen LogP contribution in [0.5, 0.6) is 0 Å². The molecule has 3 heterocycles. The van der Waals surface area contributed by atoms with Crippen LogP contribution in [-0.4, -0.2) is 93.9 Å². The Hall–Kier alpha value is -2.00. The fourth-order valence-corrected chi connectivity index (χ4v) is 12.8. The van der Waals surface area contributed by atoms with Crippen molar-refractivity contribution in [2.24, 2.45) is 17.6 Å². The van der Waals surface area contributed by atoms with Gasteiger partial charge in [0.05, 0.1) is 0 Å². The number of alkyl halides is 1. The monoisotopic (exact) mass is 585 g/mol. The number of rotatable bonds is 8. The van der Waals surface area contributed by atoms with Crippen molar-refractivity contribution >= 4 is 43.3 Å². The van der Waals surface area contributed by atoms with Crippen LogP contribution in [0, 0.1) is 11.8 Å². The first-order valence-corrected chi connectivity index (χ1v) is 15.6. The number of amides is 1. The standard InChI is InChI=1S/C26H33FN3O4.In/c1-5-29(6-2)12-13-30-17(4)22(24(28)32)16(3)23(30)20-14-19(31)15-21(27)26(20,25(33)34)18-10-8-7-9-11-18;/h7-11,16-17,22H,5-6,12-13,15H2,1-4H3,(H2,28,32)(H,33,34);/b23-20+;. The molecule has 2 bridgehead atoms. The summed E-state index contributed by atoms with van der Waals surface area (Å²) in [5, 5.41) is 10.7. The normalized spacial score (nSPS) is 33.9. The number of hydrogen-bond acceptors (Lipinski definition) is 5. The molecule has 3 N–H and O–H groups in total. The Bertz CT molecular complexity index is 1120. The molecule has 3 aliphatic heterocycles. The Morgan fingerprint density at radius 3 is 2.40 bits per heavy atom. The van der Waals surface area contributed by atoms with Crippen LogP contribution in [0.15, 0.2) is 41.6 Å². The number of likely N-dealkylation sites (N-methyl/N-ethyl adjacent to an activating group) is 1. The van der Waals surface area contributed by atoms with Gasteiger partial charge in [0.25, 0.3) is 0 Å². The van der Waals surface area contributed by atoms with Crippen LogP contribution in [0.3, 0.4) is 0 Å². The van der Waals surface area contributed by atoms with E-state index in [0.29, 0.717) is 33.2 Å². The van der Waals surface area contributed by atoms with Crippen molar-refractivity contribution in [3.05, 3.63) is 47.2 Å². The summed E-state index contributed by atoms with van der Waals surface area (Å²) in [6, 6.07) is 8.20. The number of ketones is 1. The zero-order valence-electron chi connectivity index (χ0n) is 20.8. The van der Waals surface area contributed by atoms with Crippen molar-refractivity contribution in [3.63, 3.8) is 0 Å². The first-order chi connectivity index (χ1) is 16.5. The van der Waals surface area contributed by atoms with Crippen LogP contribution in [0.25, 0.3) is 0 Å². The summed E-state index contributed by atoms with van der Waals surface area (Å²) in [5.41, 5.74) is 5.18. The minimum absolute atomic E-state index is 0.268. The van der Waals surface area contributed by atoms with Crippen molar-refractivity contribution < 1.29 is 23.9 Å². The number of likely N-dealkylation sites (tertiary alicyclic amines) is 1. The number of nitrogens with two attached hydrogens (primary N) is 1. The summed E-state index contributed by atoms with van der Waals surface area (Å²) >= 11 is -2.43. The van der Waals surface area contributed by atoms with E-state index in [4.69, 9.17) is 5.73 Å². The Labute approximate surface area is 216 Å². The second kappa shape index (κ2) is 9.47. The molecule has 0 aromatic heterocycles. The molecule has 1 aromatic carbocycles. The van der Waals surface area contributed by atoms with E-state index in [-0.39, 0.29) is 18.2 Å². The summed E-state index contributed by atoms with van der Waals surface area (Å²) in [6.07, 6.45) is -0.371. The number of fused-ring (bicyclic) bond motifs is 1. The number of allylic oxidation sites excluding steroid dienone is 1. The van der Waals surface area contributed by atoms with E-state index < -0.39 is 55.0 Å². The number of Topliss-reactive ketones (excluding diaryl/α,β-unsaturated/α-hetero) is 1. The summed E-state index contributed by atoms with van der Waals surface area (Å²) in [7, 11) is 0. The van der Waals surface area contributed by atoms with E-state index in [1.54, 1.807) is 30.3 Å². The summed E-state index contributed by atoms with van der Waals surface area (Å²) < 4.78 is 15.2. The van der Waals surface area contributed by atoms with Crippen molar-refractivity contribution in [1.29, 1.82) is 0 Å². The van der Waals surface area contributed by atoms with Crippen LogP contribution in [0.4, 0.5) is 4.39 Å². The van der Waals surface area contributed by atoms with Gasteiger partial charge in [-0.15, -0.1) is 0 Å². The van der Waals surface area contributed by atoms with E-state index in [1.807, 2.05) is 18.7 Å². The first-order valence-electron chi connectivity index (χ1n) is 12.3. The van der Waals surface area contributed by atoms with Crippen LogP contribution < -0.4 is 5.73 Å². The molecule has 3 aliphatic rings. The van der Waals surface area contributed by atoms with Crippen LogP contribution in [0.2, 0.25) is 0 Å². The maximum atomic E-state index is 16.8. The minimum atomic E-state index is -2.43. The topological polar surface area (TPSA) is 104 Å². The number of halogens is 1. The van der Waals surface area contributed by atoms with Crippen molar-refractivity contribution in [3.8, 4) is 0 Å². The van der Waals surface area contributed by atoms with Gasteiger partial charge in [0.2, 0.25) is 0 Å². The van der Waals surface area contributed by atoms with Gasteiger partial charge in [-0.1, -0.05) is 0 Å². The zero-order chi connectivity index (χ0) is 25.7. The van der Waals surface area contributed by atoms with Gasteiger partial charge in [0.1, 0.15) is 0 Å². The number of hydrogen-bond donors (Lipinski definition) is 2. The first kappa shape index (κ1) is 26.1. The number of aliphatic carboxylic acids is 1. The fourth-order valence-electron chi connectivity index (χ4n) is 6.59. The van der Waals surface area contributed by atoms with Gasteiger partial charge in [0.15, 0.2) is 0 Å². The summed E-state index contributed by atoms with van der Waals surface area (Å²) in [6.45, 7) is 10.8. The number of primary amides is 1. The molecule has 1 fully saturated rings. The number of carboxylic acid groups (broad SMARTS) is 1. The molecule has 1 saturated heterocycles. The van der Waals surface area contributed by atoms with Gasteiger partial charge in [-0.3, -0.25) is 0 Å². The van der Waals surface area contributed by atoms with Gasteiger partial charge in [-0.05, 0) is 0 Å². The Morgan fingerprint density at radius 2 is 1.86 bits per heavy atom. The predicted molar refractivity (Wildman–Crippen MR) is 133 cm³/mol. The second-order valence-electron chi connectivity index (χ2n) is 9.88. The molecule has 7 nitrogen and oxygen atoms in total. The Kier molecular flexibility index (Phi) is 7.05. The summed E-state index contributed by atoms with van der Waals surface area (Å²) in [5.74, 6) is -2.99. The van der Waals surface area contributed by atoms with Gasteiger partial charge in [-0.2, -0.15) is 0 Å². The molecule has 0 radical (unpaired) electrons. The third-order valence-electron chi connectivity index (χ3n) is 8.31. The van der Waals surface area contributed by atoms with Gasteiger partial charge in [0, 0.05) is 0 Å². The van der Waals surface area contributed by atoms with Gasteiger partial charge in [-0.25, -0.2) is 0 Å². The number of carbonyl (C=O) groups excluding carboxylic acids is 2. The quantitative estimate of drug-likeness (QED) is 0.481. The number of carboxylic acids is 1. The van der Waals surface area contributed by atoms with Crippen molar-refractivity contribution in [2.75, 3.05) is 26.2 Å². The zero-order valence-corrected chi connectivity index (χ0v) is 24.0. The van der Waals surface area contributed by atoms with Crippen LogP contribution in [0.1, 0.15) is 39.7 Å². The average molecular weight is 585 g/mol. The van der Waals surface area contributed by atoms with E-state index in [0.717, 1.165) is 13.1 Å². The Morgan fingerprint density at radius 1 is 1.23 bits per heavy atom. The third kappa shape index (κ3) is 3.72. The van der Waals surface area contributed by atoms with Gasteiger partial charge < -0.3 is 0 Å². The number of carbonyl (C=O) groups is 3. The van der Waals surface area contributed by atoms with Crippen LogP contribution >= 0.6 is 0 Å². The molecule has 5 unspecified atom stereocenters. The SMILES string of the molecule is CCN(CC)CCN1/C(=C2\[C]3=[In][C](F)(CC3=O)C2(C(=O)O)c2ccccc2)C(C)C(C(N)=O)C1C. The predicted octanol–water partition coefficient (Wildman–Crippen LogP) is 1.58. The molecular weight excluding hydrogens is 552 g/mol. The molecule has 5 atom stereocenters. The van der Waals surface area contributed by atoms with Crippen LogP contribution in [-0.2, 0) is 19.8 Å². The molecule has 35 heavy (non-hydrogen) atoms. The van der Waals surface area contributed by atoms with E-state index >= 15 is 4.39 Å². The average Bonchev–Trinajstić information content (AvgIpc) is 3.35. The fraction of sp³-hybridized carbons (Fsp3) is 0.538. The third-order valence-corrected chi connectivity index (χ3v) is 14.0. The molecule has 9 heteroatoms. The van der Waals surface area contributed by atoms with Crippen molar-refractivity contribution in [2.45, 2.75) is 49.0 Å². The molecule has 0 aliphatic carbocycles. The number of benzene rings is 1. The van der Waals surface area contributed by atoms with E-state index in [1.165, 1.54) is 0 Å². The second-order valence-corrected chi connectivity index (χ2v) is 15.0. The molecule has 1 aromatic rings. The molecule has 0 spiro atoms. The number of nitrogens with zero attached hydrogens (tertiary/aromatic N) is 2. The summed E-state index contributed by atoms with van der Waals surface area (Å²) in [4.78, 5) is 43.0. The van der Waals surface area contributed by atoms with E-state index in [9.17, 15) is 19.5 Å². The van der Waals surface area contributed by atoms with E-state index in [2.05, 4.69) is 18.7 Å². The molecule has 186 valence electrons. The van der Waals surface area contributed by atoms with Gasteiger partial charge >= 0.3 is 217 Å².